The maximum absolute atomic E-state index is 13.2. The number of carbonyl (C=O) groups is 1. The lowest BCUT2D eigenvalue weighted by Gasteiger charge is -2.33. The number of hydrogen-bond donors (Lipinski definition) is 1. The van der Waals surface area contributed by atoms with E-state index >= 15 is 0 Å². The molecule has 2 unspecified atom stereocenters. The molecule has 1 heterocycles. The fraction of sp³-hybridized carbons (Fsp3) is 0.929. The summed E-state index contributed by atoms with van der Waals surface area (Å²) in [5.41, 5.74) is 0. The van der Waals surface area contributed by atoms with Crippen LogP contribution in [-0.2, 0) is 4.79 Å². The van der Waals surface area contributed by atoms with Crippen LogP contribution >= 0.6 is 0 Å². The van der Waals surface area contributed by atoms with Crippen molar-refractivity contribution in [3.63, 3.8) is 0 Å². The zero-order valence-corrected chi connectivity index (χ0v) is 12.2. The van der Waals surface area contributed by atoms with Gasteiger partial charge in [0.25, 0.3) is 0 Å². The van der Waals surface area contributed by atoms with Crippen LogP contribution in [0.3, 0.4) is 0 Å². The molecule has 4 nitrogen and oxygen atoms in total. The number of likely N-dealkylation sites (tertiary alicyclic amines) is 1. The average molecular weight is 290 g/mol. The van der Waals surface area contributed by atoms with E-state index in [2.05, 4.69) is 0 Å². The highest BCUT2D eigenvalue weighted by Gasteiger charge is 2.42. The van der Waals surface area contributed by atoms with E-state index in [9.17, 15) is 18.7 Å². The molecule has 20 heavy (non-hydrogen) atoms. The molecule has 1 N–H and O–H groups in total. The van der Waals surface area contributed by atoms with Crippen molar-refractivity contribution < 1.29 is 18.7 Å². The Morgan fingerprint density at radius 1 is 1.35 bits per heavy atom. The summed E-state index contributed by atoms with van der Waals surface area (Å²) in [4.78, 5) is 16.2. The maximum atomic E-state index is 13.2. The standard InChI is InChI=1S/C14H24F2N2O2/c1-17(2)8-11-7-12(19)9-18(11)13(20)10-3-5-14(15,16)6-4-10/h10-12,19H,3-9H2,1-2H3. The van der Waals surface area contributed by atoms with Crippen LogP contribution in [0.15, 0.2) is 0 Å². The number of halogens is 2. The van der Waals surface area contributed by atoms with Gasteiger partial charge in [-0.3, -0.25) is 4.79 Å². The normalized spacial score (nSPS) is 31.0. The minimum absolute atomic E-state index is 0.00469. The molecule has 1 aliphatic heterocycles. The van der Waals surface area contributed by atoms with Gasteiger partial charge in [0.05, 0.1) is 6.10 Å². The average Bonchev–Trinajstić information content (AvgIpc) is 2.68. The predicted molar refractivity (Wildman–Crippen MR) is 71.6 cm³/mol. The second-order valence-corrected chi connectivity index (χ2v) is 6.43. The molecule has 2 aliphatic rings. The topological polar surface area (TPSA) is 43.8 Å². The highest BCUT2D eigenvalue weighted by molar-refractivity contribution is 5.79. The van der Waals surface area contributed by atoms with Crippen molar-refractivity contribution in [1.29, 1.82) is 0 Å². The molecule has 1 saturated heterocycles. The molecule has 0 aromatic rings. The maximum Gasteiger partial charge on any atom is 0.248 e. The van der Waals surface area contributed by atoms with Gasteiger partial charge in [-0.2, -0.15) is 0 Å². The summed E-state index contributed by atoms with van der Waals surface area (Å²) < 4.78 is 26.3. The van der Waals surface area contributed by atoms with Gasteiger partial charge in [0.1, 0.15) is 0 Å². The first kappa shape index (κ1) is 15.6. The van der Waals surface area contributed by atoms with E-state index in [0.29, 0.717) is 19.5 Å². The lowest BCUT2D eigenvalue weighted by atomic mass is 9.85. The zero-order valence-electron chi connectivity index (χ0n) is 12.2. The summed E-state index contributed by atoms with van der Waals surface area (Å²) in [5.74, 6) is -2.96. The molecule has 116 valence electrons. The van der Waals surface area contributed by atoms with Crippen LogP contribution in [-0.4, -0.2) is 66.1 Å². The Labute approximate surface area is 118 Å². The SMILES string of the molecule is CN(C)CC1CC(O)CN1C(=O)C1CCC(F)(F)CC1. The first-order chi connectivity index (χ1) is 9.28. The molecule has 0 aromatic carbocycles. The molecule has 0 spiro atoms. The van der Waals surface area contributed by atoms with Gasteiger partial charge < -0.3 is 14.9 Å². The molecule has 0 radical (unpaired) electrons. The number of β-amino-alcohol motifs (C(OH)–C–C–N with tert-alkyl or cyclic N) is 1. The third-order valence-electron chi connectivity index (χ3n) is 4.32. The Kier molecular flexibility index (Phi) is 4.64. The summed E-state index contributed by atoms with van der Waals surface area (Å²) in [7, 11) is 3.85. The second kappa shape index (κ2) is 5.93. The fourth-order valence-corrected chi connectivity index (χ4v) is 3.28. The van der Waals surface area contributed by atoms with Crippen LogP contribution in [0.2, 0.25) is 0 Å². The van der Waals surface area contributed by atoms with E-state index < -0.39 is 12.0 Å². The van der Waals surface area contributed by atoms with Gasteiger partial charge in [-0.25, -0.2) is 8.78 Å². The Morgan fingerprint density at radius 3 is 2.50 bits per heavy atom. The Bertz CT molecular complexity index is 353. The zero-order chi connectivity index (χ0) is 14.9. The number of likely N-dealkylation sites (N-methyl/N-ethyl adjacent to an activating group) is 1. The van der Waals surface area contributed by atoms with Gasteiger partial charge in [-0.1, -0.05) is 0 Å². The van der Waals surface area contributed by atoms with Crippen molar-refractivity contribution in [2.24, 2.45) is 5.92 Å². The summed E-state index contributed by atoms with van der Waals surface area (Å²) in [6, 6.07) is -0.00469. The monoisotopic (exact) mass is 290 g/mol. The molecule has 6 heteroatoms. The van der Waals surface area contributed by atoms with Crippen molar-refractivity contribution in [2.45, 2.75) is 50.2 Å². The minimum Gasteiger partial charge on any atom is -0.391 e. The molecule has 0 bridgehead atoms. The fourth-order valence-electron chi connectivity index (χ4n) is 3.28. The molecule has 2 rings (SSSR count). The van der Waals surface area contributed by atoms with Crippen LogP contribution in [0, 0.1) is 5.92 Å². The Balaban J connectivity index is 1.97. The second-order valence-electron chi connectivity index (χ2n) is 6.43. The van der Waals surface area contributed by atoms with Gasteiger partial charge in [-0.15, -0.1) is 0 Å². The van der Waals surface area contributed by atoms with E-state index in [1.165, 1.54) is 0 Å². The molecule has 2 fully saturated rings. The van der Waals surface area contributed by atoms with Crippen LogP contribution in [0.4, 0.5) is 8.78 Å². The molecular weight excluding hydrogens is 266 g/mol. The van der Waals surface area contributed by atoms with Crippen molar-refractivity contribution in [3.05, 3.63) is 0 Å². The molecule has 2 atom stereocenters. The minimum atomic E-state index is -2.61. The Hall–Kier alpha value is -0.750. The number of alkyl halides is 2. The van der Waals surface area contributed by atoms with Gasteiger partial charge in [-0.05, 0) is 33.4 Å². The van der Waals surface area contributed by atoms with E-state index in [4.69, 9.17) is 0 Å². The highest BCUT2D eigenvalue weighted by Crippen LogP contribution is 2.37. The lowest BCUT2D eigenvalue weighted by molar-refractivity contribution is -0.141. The van der Waals surface area contributed by atoms with E-state index in [1.807, 2.05) is 19.0 Å². The molecule has 1 aliphatic carbocycles. The Morgan fingerprint density at radius 2 is 1.95 bits per heavy atom. The van der Waals surface area contributed by atoms with Crippen LogP contribution in [0.1, 0.15) is 32.1 Å². The van der Waals surface area contributed by atoms with Crippen LogP contribution in [0.5, 0.6) is 0 Å². The number of hydrogen-bond acceptors (Lipinski definition) is 3. The van der Waals surface area contributed by atoms with Crippen molar-refractivity contribution in [1.82, 2.24) is 9.80 Å². The summed E-state index contributed by atoms with van der Waals surface area (Å²) >= 11 is 0. The van der Waals surface area contributed by atoms with Gasteiger partial charge >= 0.3 is 0 Å². The third-order valence-corrected chi connectivity index (χ3v) is 4.32. The number of amides is 1. The number of nitrogens with zero attached hydrogens (tertiary/aromatic N) is 2. The van der Waals surface area contributed by atoms with Gasteiger partial charge in [0.2, 0.25) is 11.8 Å². The first-order valence-electron chi connectivity index (χ1n) is 7.29. The lowest BCUT2D eigenvalue weighted by Crippen LogP contribution is -2.45. The van der Waals surface area contributed by atoms with Crippen molar-refractivity contribution in [3.8, 4) is 0 Å². The van der Waals surface area contributed by atoms with Crippen molar-refractivity contribution >= 4 is 5.91 Å². The van der Waals surface area contributed by atoms with Gasteiger partial charge in [0.15, 0.2) is 0 Å². The largest absolute Gasteiger partial charge is 0.391 e. The smallest absolute Gasteiger partial charge is 0.248 e. The molecule has 0 aromatic heterocycles. The predicted octanol–water partition coefficient (Wildman–Crippen LogP) is 1.34. The van der Waals surface area contributed by atoms with E-state index in [1.54, 1.807) is 4.90 Å². The number of carbonyl (C=O) groups excluding carboxylic acids is 1. The molecular formula is C14H24F2N2O2. The molecule has 1 amide bonds. The van der Waals surface area contributed by atoms with Gasteiger partial charge in [0, 0.05) is 37.9 Å². The summed E-state index contributed by atoms with van der Waals surface area (Å²) in [6.07, 6.45) is 0.206. The quantitative estimate of drug-likeness (QED) is 0.853. The number of rotatable bonds is 3. The van der Waals surface area contributed by atoms with Crippen molar-refractivity contribution in [2.75, 3.05) is 27.2 Å². The van der Waals surface area contributed by atoms with E-state index in [0.717, 1.165) is 0 Å². The number of aliphatic hydroxyl groups is 1. The van der Waals surface area contributed by atoms with Crippen LogP contribution in [0.25, 0.3) is 0 Å². The highest BCUT2D eigenvalue weighted by atomic mass is 19.3. The number of aliphatic hydroxyl groups excluding tert-OH is 1. The summed E-state index contributed by atoms with van der Waals surface area (Å²) in [5, 5.41) is 9.78. The first-order valence-corrected chi connectivity index (χ1v) is 7.29. The molecule has 1 saturated carbocycles. The third kappa shape index (κ3) is 3.67. The summed E-state index contributed by atoms with van der Waals surface area (Å²) in [6.45, 7) is 1.04. The van der Waals surface area contributed by atoms with E-state index in [-0.39, 0.29) is 43.6 Å². The van der Waals surface area contributed by atoms with Crippen LogP contribution < -0.4 is 0 Å².